The second-order valence-electron chi connectivity index (χ2n) is 7.10. The van der Waals surface area contributed by atoms with Gasteiger partial charge in [-0.15, -0.1) is 10.2 Å². The molecule has 0 amide bonds. The van der Waals surface area contributed by atoms with Crippen molar-refractivity contribution in [1.29, 1.82) is 0 Å². The average Bonchev–Trinajstić information content (AvgIpc) is 3.25. The first-order chi connectivity index (χ1) is 14.7. The van der Waals surface area contributed by atoms with E-state index in [2.05, 4.69) is 15.2 Å². The fourth-order valence-corrected chi connectivity index (χ4v) is 3.15. The fourth-order valence-electron chi connectivity index (χ4n) is 3.15. The van der Waals surface area contributed by atoms with Gasteiger partial charge in [-0.05, 0) is 55.8 Å². The number of rotatable bonds is 4. The highest BCUT2D eigenvalue weighted by molar-refractivity contribution is 5.85. The Labute approximate surface area is 173 Å². The summed E-state index contributed by atoms with van der Waals surface area (Å²) >= 11 is 0. The molecule has 5 rings (SSSR count). The highest BCUT2D eigenvalue weighted by atomic mass is 16.5. The average molecular weight is 394 g/mol. The Bertz CT molecular complexity index is 1330. The van der Waals surface area contributed by atoms with Crippen LogP contribution in [0.1, 0.15) is 11.1 Å². The van der Waals surface area contributed by atoms with Gasteiger partial charge in [0, 0.05) is 23.3 Å². The molecule has 5 aromatic rings. The molecular weight excluding hydrogens is 376 g/mol. The van der Waals surface area contributed by atoms with Gasteiger partial charge >= 0.3 is 0 Å². The van der Waals surface area contributed by atoms with Crippen molar-refractivity contribution in [1.82, 2.24) is 20.2 Å². The van der Waals surface area contributed by atoms with Crippen LogP contribution in [-0.2, 0) is 0 Å². The topological polar surface area (TPSA) is 73.9 Å². The van der Waals surface area contributed by atoms with Crippen LogP contribution in [0.25, 0.3) is 33.8 Å². The highest BCUT2D eigenvalue weighted by Gasteiger charge is 2.18. The Morgan fingerprint density at radius 1 is 0.767 bits per heavy atom. The first-order valence-electron chi connectivity index (χ1n) is 9.56. The van der Waals surface area contributed by atoms with Crippen LogP contribution in [0.3, 0.4) is 0 Å². The molecule has 0 saturated heterocycles. The summed E-state index contributed by atoms with van der Waals surface area (Å²) in [5, 5.41) is 9.40. The quantitative estimate of drug-likeness (QED) is 0.386. The largest absolute Gasteiger partial charge is 0.438 e. The molecule has 0 N–H and O–H groups in total. The number of fused-ring (bicyclic) bond motifs is 1. The zero-order valence-corrected chi connectivity index (χ0v) is 16.5. The molecule has 0 radical (unpaired) electrons. The molecule has 0 atom stereocenters. The van der Waals surface area contributed by atoms with Crippen molar-refractivity contribution in [2.75, 3.05) is 0 Å². The van der Waals surface area contributed by atoms with Crippen LogP contribution < -0.4 is 4.74 Å². The number of nitrogens with zero attached hydrogens (tertiary/aromatic N) is 4. The molecule has 0 aliphatic carbocycles. The molecule has 6 nitrogen and oxygen atoms in total. The maximum Gasteiger partial charge on any atom is 0.253 e. The third-order valence-electron chi connectivity index (χ3n) is 4.76. The molecule has 146 valence electrons. The summed E-state index contributed by atoms with van der Waals surface area (Å²) in [5.41, 5.74) is 4.56. The van der Waals surface area contributed by atoms with Crippen molar-refractivity contribution in [3.8, 4) is 34.5 Å². The van der Waals surface area contributed by atoms with Gasteiger partial charge in [0.2, 0.25) is 11.8 Å². The van der Waals surface area contributed by atoms with Crippen LogP contribution >= 0.6 is 0 Å². The standard InChI is InChI=1S/C24H18N4O2/c1-15-4-7-19(8-5-15)29-23-20(14-18-6-3-16(2)13-21(18)26-23)24-28-27-22(30-24)17-9-11-25-12-10-17/h3-14H,1-2H3. The van der Waals surface area contributed by atoms with Crippen molar-refractivity contribution in [3.05, 3.63) is 84.2 Å². The molecule has 0 spiro atoms. The van der Waals surface area contributed by atoms with Gasteiger partial charge in [0.05, 0.1) is 5.52 Å². The van der Waals surface area contributed by atoms with E-state index in [-0.39, 0.29) is 0 Å². The maximum absolute atomic E-state index is 6.13. The summed E-state index contributed by atoms with van der Waals surface area (Å²) in [4.78, 5) is 8.78. The monoisotopic (exact) mass is 394 g/mol. The number of hydrogen-bond donors (Lipinski definition) is 0. The Balaban J connectivity index is 1.63. The van der Waals surface area contributed by atoms with E-state index in [1.54, 1.807) is 12.4 Å². The van der Waals surface area contributed by atoms with Crippen LogP contribution in [0.15, 0.2) is 77.5 Å². The van der Waals surface area contributed by atoms with Crippen LogP contribution in [0.2, 0.25) is 0 Å². The van der Waals surface area contributed by atoms with Crippen molar-refractivity contribution >= 4 is 10.9 Å². The number of ether oxygens (including phenoxy) is 1. The van der Waals surface area contributed by atoms with Crippen molar-refractivity contribution in [3.63, 3.8) is 0 Å². The minimum absolute atomic E-state index is 0.346. The molecule has 3 heterocycles. The van der Waals surface area contributed by atoms with Gasteiger partial charge in [0.15, 0.2) is 0 Å². The van der Waals surface area contributed by atoms with Gasteiger partial charge in [-0.2, -0.15) is 0 Å². The second-order valence-corrected chi connectivity index (χ2v) is 7.10. The van der Waals surface area contributed by atoms with Gasteiger partial charge in [-0.25, -0.2) is 4.98 Å². The summed E-state index contributed by atoms with van der Waals surface area (Å²) in [6, 6.07) is 19.5. The minimum Gasteiger partial charge on any atom is -0.438 e. The molecule has 0 saturated carbocycles. The van der Waals surface area contributed by atoms with Gasteiger partial charge in [-0.1, -0.05) is 29.8 Å². The number of hydrogen-bond acceptors (Lipinski definition) is 6. The summed E-state index contributed by atoms with van der Waals surface area (Å²) in [6.45, 7) is 4.07. The SMILES string of the molecule is Cc1ccc(Oc2nc3cc(C)ccc3cc2-c2nnc(-c3ccncc3)o2)cc1. The predicted octanol–water partition coefficient (Wildman–Crippen LogP) is 5.76. The lowest BCUT2D eigenvalue weighted by atomic mass is 10.1. The number of aryl methyl sites for hydroxylation is 2. The zero-order valence-electron chi connectivity index (χ0n) is 16.5. The Hall–Kier alpha value is -4.06. The molecule has 0 aliphatic heterocycles. The maximum atomic E-state index is 6.13. The molecule has 0 fully saturated rings. The lowest BCUT2D eigenvalue weighted by molar-refractivity contribution is 0.463. The Morgan fingerprint density at radius 2 is 1.50 bits per heavy atom. The molecule has 0 bridgehead atoms. The van der Waals surface area contributed by atoms with E-state index in [1.165, 1.54) is 0 Å². The molecule has 6 heteroatoms. The molecule has 0 aliphatic rings. The third kappa shape index (κ3) is 3.51. The van der Waals surface area contributed by atoms with E-state index in [0.717, 1.165) is 27.6 Å². The van der Waals surface area contributed by atoms with Crippen molar-refractivity contribution in [2.24, 2.45) is 0 Å². The van der Waals surface area contributed by atoms with Crippen LogP contribution in [0.5, 0.6) is 11.6 Å². The number of pyridine rings is 2. The van der Waals surface area contributed by atoms with Crippen LogP contribution in [0.4, 0.5) is 0 Å². The molecule has 2 aromatic carbocycles. The lowest BCUT2D eigenvalue weighted by Gasteiger charge is -2.10. The van der Waals surface area contributed by atoms with E-state index in [4.69, 9.17) is 14.1 Å². The number of aromatic nitrogens is 4. The normalized spacial score (nSPS) is 11.0. The van der Waals surface area contributed by atoms with Gasteiger partial charge in [-0.3, -0.25) is 4.98 Å². The van der Waals surface area contributed by atoms with Crippen LogP contribution in [0, 0.1) is 13.8 Å². The second kappa shape index (κ2) is 7.40. The fraction of sp³-hybridized carbons (Fsp3) is 0.0833. The van der Waals surface area contributed by atoms with Crippen molar-refractivity contribution in [2.45, 2.75) is 13.8 Å². The Kier molecular flexibility index (Phi) is 4.44. The van der Waals surface area contributed by atoms with E-state index in [9.17, 15) is 0 Å². The predicted molar refractivity (Wildman–Crippen MR) is 114 cm³/mol. The van der Waals surface area contributed by atoms with Crippen molar-refractivity contribution < 1.29 is 9.15 Å². The van der Waals surface area contributed by atoms with Gasteiger partial charge in [0.25, 0.3) is 5.89 Å². The summed E-state index contributed by atoms with van der Waals surface area (Å²) < 4.78 is 12.1. The third-order valence-corrected chi connectivity index (χ3v) is 4.76. The molecular formula is C24H18N4O2. The molecule has 30 heavy (non-hydrogen) atoms. The summed E-state index contributed by atoms with van der Waals surface area (Å²) in [5.74, 6) is 1.87. The van der Waals surface area contributed by atoms with E-state index < -0.39 is 0 Å². The zero-order chi connectivity index (χ0) is 20.5. The van der Waals surface area contributed by atoms with E-state index in [1.807, 2.05) is 74.5 Å². The van der Waals surface area contributed by atoms with E-state index >= 15 is 0 Å². The minimum atomic E-state index is 0.346. The number of benzene rings is 2. The highest BCUT2D eigenvalue weighted by Crippen LogP contribution is 2.35. The molecule has 3 aromatic heterocycles. The van der Waals surface area contributed by atoms with Crippen LogP contribution in [-0.4, -0.2) is 20.2 Å². The first kappa shape index (κ1) is 18.0. The van der Waals surface area contributed by atoms with Gasteiger partial charge in [0.1, 0.15) is 11.3 Å². The Morgan fingerprint density at radius 3 is 2.30 bits per heavy atom. The van der Waals surface area contributed by atoms with E-state index in [0.29, 0.717) is 29.0 Å². The molecule has 0 unspecified atom stereocenters. The lowest BCUT2D eigenvalue weighted by Crippen LogP contribution is -1.94. The summed E-state index contributed by atoms with van der Waals surface area (Å²) in [6.07, 6.45) is 3.37. The smallest absolute Gasteiger partial charge is 0.253 e. The first-order valence-corrected chi connectivity index (χ1v) is 9.56. The van der Waals surface area contributed by atoms with Gasteiger partial charge < -0.3 is 9.15 Å². The summed E-state index contributed by atoms with van der Waals surface area (Å²) in [7, 11) is 0.